The average molecular weight is 362 g/mol. The molecule has 1 fully saturated rings. The Kier molecular flexibility index (Phi) is 7.03. The molecule has 0 spiro atoms. The van der Waals surface area contributed by atoms with Crippen LogP contribution in [0.3, 0.4) is 0 Å². The van der Waals surface area contributed by atoms with Crippen molar-refractivity contribution in [2.75, 3.05) is 23.8 Å². The Bertz CT molecular complexity index is 618. The summed E-state index contributed by atoms with van der Waals surface area (Å²) in [5.41, 5.74) is 1.06. The fourth-order valence-corrected chi connectivity index (χ4v) is 2.76. The lowest BCUT2D eigenvalue weighted by atomic mass is 10.1. The lowest BCUT2D eigenvalue weighted by molar-refractivity contribution is -0.156. The smallest absolute Gasteiger partial charge is 0.307 e. The number of anilines is 2. The molecule has 1 saturated heterocycles. The number of para-hydroxylation sites is 2. The number of carbonyl (C=O) groups is 2. The third-order valence-electron chi connectivity index (χ3n) is 4.11. The van der Waals surface area contributed by atoms with E-state index in [9.17, 15) is 9.59 Å². The molecule has 1 atom stereocenters. The van der Waals surface area contributed by atoms with Crippen LogP contribution in [-0.2, 0) is 19.1 Å². The molecular weight excluding hydrogens is 332 g/mol. The molecule has 0 radical (unpaired) electrons. The molecule has 1 heterocycles. The van der Waals surface area contributed by atoms with Gasteiger partial charge in [-0.1, -0.05) is 19.1 Å². The molecule has 0 aliphatic carbocycles. The van der Waals surface area contributed by atoms with Crippen molar-refractivity contribution in [1.82, 2.24) is 0 Å². The fourth-order valence-electron chi connectivity index (χ4n) is 2.76. The fraction of sp³-hybridized carbons (Fsp3) is 0.600. The third kappa shape index (κ3) is 6.67. The first kappa shape index (κ1) is 20.2. The van der Waals surface area contributed by atoms with Crippen LogP contribution in [0.5, 0.6) is 0 Å². The molecule has 0 bridgehead atoms. The summed E-state index contributed by atoms with van der Waals surface area (Å²) in [6.45, 7) is 8.67. The van der Waals surface area contributed by atoms with Gasteiger partial charge in [-0.2, -0.15) is 0 Å². The van der Waals surface area contributed by atoms with Crippen molar-refractivity contribution >= 4 is 23.3 Å². The largest absolute Gasteiger partial charge is 0.460 e. The zero-order chi connectivity index (χ0) is 19.2. The van der Waals surface area contributed by atoms with E-state index < -0.39 is 11.5 Å². The van der Waals surface area contributed by atoms with Gasteiger partial charge in [-0.15, -0.1) is 0 Å². The van der Waals surface area contributed by atoms with Crippen LogP contribution in [-0.4, -0.2) is 36.7 Å². The molecule has 0 aromatic heterocycles. The standard InChI is InChI=1S/C20H30N2O4/c1-14(13-18(23)26-20(2,3)4)19(24)22-17-8-6-5-7-16(17)21-15-9-11-25-12-10-15/h5-8,14-15,21H,9-13H2,1-4H3,(H,22,24)/t14-/m1/s1. The van der Waals surface area contributed by atoms with Crippen molar-refractivity contribution < 1.29 is 19.1 Å². The molecule has 1 aromatic carbocycles. The number of rotatable bonds is 6. The van der Waals surface area contributed by atoms with Crippen LogP contribution in [0.25, 0.3) is 0 Å². The predicted octanol–water partition coefficient (Wildman–Crippen LogP) is 3.58. The maximum absolute atomic E-state index is 12.5. The van der Waals surface area contributed by atoms with E-state index >= 15 is 0 Å². The molecule has 26 heavy (non-hydrogen) atoms. The van der Waals surface area contributed by atoms with E-state index in [0.29, 0.717) is 6.04 Å². The van der Waals surface area contributed by atoms with Gasteiger partial charge in [0, 0.05) is 25.2 Å². The van der Waals surface area contributed by atoms with Crippen LogP contribution >= 0.6 is 0 Å². The van der Waals surface area contributed by atoms with E-state index in [4.69, 9.17) is 9.47 Å². The number of hydrogen-bond donors (Lipinski definition) is 2. The Morgan fingerprint density at radius 3 is 2.42 bits per heavy atom. The van der Waals surface area contributed by atoms with Gasteiger partial charge in [-0.25, -0.2) is 0 Å². The van der Waals surface area contributed by atoms with Gasteiger partial charge in [-0.05, 0) is 45.7 Å². The minimum absolute atomic E-state index is 0.0542. The Labute approximate surface area is 155 Å². The number of nitrogens with one attached hydrogen (secondary N) is 2. The second-order valence-corrected chi connectivity index (χ2v) is 7.76. The van der Waals surface area contributed by atoms with Crippen LogP contribution in [0.2, 0.25) is 0 Å². The highest BCUT2D eigenvalue weighted by molar-refractivity contribution is 5.97. The molecule has 1 aliphatic heterocycles. The van der Waals surface area contributed by atoms with Crippen LogP contribution in [0.4, 0.5) is 11.4 Å². The van der Waals surface area contributed by atoms with Gasteiger partial charge < -0.3 is 20.1 Å². The van der Waals surface area contributed by atoms with E-state index in [-0.39, 0.29) is 18.3 Å². The van der Waals surface area contributed by atoms with E-state index in [1.165, 1.54) is 0 Å². The number of esters is 1. The third-order valence-corrected chi connectivity index (χ3v) is 4.11. The lowest BCUT2D eigenvalue weighted by Crippen LogP contribution is -2.30. The molecule has 2 N–H and O–H groups in total. The number of carbonyl (C=O) groups excluding carboxylic acids is 2. The molecule has 2 rings (SSSR count). The second-order valence-electron chi connectivity index (χ2n) is 7.76. The summed E-state index contributed by atoms with van der Waals surface area (Å²) in [5, 5.41) is 6.41. The van der Waals surface area contributed by atoms with E-state index in [1.54, 1.807) is 6.92 Å². The molecule has 144 valence electrons. The number of benzene rings is 1. The Balaban J connectivity index is 1.94. The Morgan fingerprint density at radius 2 is 1.81 bits per heavy atom. The zero-order valence-electron chi connectivity index (χ0n) is 16.1. The topological polar surface area (TPSA) is 76.7 Å². The molecule has 0 saturated carbocycles. The minimum atomic E-state index is -0.548. The maximum atomic E-state index is 12.5. The van der Waals surface area contributed by atoms with Crippen molar-refractivity contribution in [3.8, 4) is 0 Å². The van der Waals surface area contributed by atoms with Gasteiger partial charge in [0.1, 0.15) is 5.60 Å². The summed E-state index contributed by atoms with van der Waals surface area (Å²) in [5.74, 6) is -1.04. The van der Waals surface area contributed by atoms with Crippen LogP contribution < -0.4 is 10.6 Å². The normalized spacial score (nSPS) is 16.6. The van der Waals surface area contributed by atoms with Gasteiger partial charge in [0.2, 0.25) is 5.91 Å². The Morgan fingerprint density at radius 1 is 1.19 bits per heavy atom. The summed E-state index contributed by atoms with van der Waals surface area (Å²) in [6.07, 6.45) is 1.94. The minimum Gasteiger partial charge on any atom is -0.460 e. The highest BCUT2D eigenvalue weighted by Gasteiger charge is 2.23. The van der Waals surface area contributed by atoms with Crippen molar-refractivity contribution in [1.29, 1.82) is 0 Å². The van der Waals surface area contributed by atoms with Gasteiger partial charge in [0.15, 0.2) is 0 Å². The summed E-state index contributed by atoms with van der Waals surface area (Å²) in [6, 6.07) is 7.95. The molecular formula is C20H30N2O4. The van der Waals surface area contributed by atoms with E-state index in [2.05, 4.69) is 10.6 Å². The predicted molar refractivity (Wildman–Crippen MR) is 102 cm³/mol. The summed E-state index contributed by atoms with van der Waals surface area (Å²) >= 11 is 0. The van der Waals surface area contributed by atoms with Crippen LogP contribution in [0, 0.1) is 5.92 Å². The lowest BCUT2D eigenvalue weighted by Gasteiger charge is -2.25. The van der Waals surface area contributed by atoms with E-state index in [1.807, 2.05) is 45.0 Å². The van der Waals surface area contributed by atoms with Gasteiger partial charge in [-0.3, -0.25) is 9.59 Å². The highest BCUT2D eigenvalue weighted by Crippen LogP contribution is 2.25. The van der Waals surface area contributed by atoms with Crippen LogP contribution in [0.1, 0.15) is 47.0 Å². The summed E-state index contributed by atoms with van der Waals surface area (Å²) in [4.78, 5) is 24.4. The first-order valence-corrected chi connectivity index (χ1v) is 9.20. The number of amides is 1. The van der Waals surface area contributed by atoms with Gasteiger partial charge >= 0.3 is 5.97 Å². The van der Waals surface area contributed by atoms with Crippen molar-refractivity contribution in [3.63, 3.8) is 0 Å². The van der Waals surface area contributed by atoms with Crippen molar-refractivity contribution in [3.05, 3.63) is 24.3 Å². The summed E-state index contributed by atoms with van der Waals surface area (Å²) < 4.78 is 10.7. The van der Waals surface area contributed by atoms with Gasteiger partial charge in [0.25, 0.3) is 0 Å². The first-order valence-electron chi connectivity index (χ1n) is 9.20. The van der Waals surface area contributed by atoms with Crippen molar-refractivity contribution in [2.45, 2.75) is 58.6 Å². The second kappa shape index (κ2) is 9.03. The quantitative estimate of drug-likeness (QED) is 0.757. The van der Waals surface area contributed by atoms with E-state index in [0.717, 1.165) is 37.4 Å². The molecule has 1 amide bonds. The monoisotopic (exact) mass is 362 g/mol. The molecule has 6 heteroatoms. The average Bonchev–Trinajstić information content (AvgIpc) is 2.55. The zero-order valence-corrected chi connectivity index (χ0v) is 16.1. The molecule has 6 nitrogen and oxygen atoms in total. The number of hydrogen-bond acceptors (Lipinski definition) is 5. The Hall–Kier alpha value is -2.08. The molecule has 0 unspecified atom stereocenters. The van der Waals surface area contributed by atoms with Crippen LogP contribution in [0.15, 0.2) is 24.3 Å². The highest BCUT2D eigenvalue weighted by atomic mass is 16.6. The molecule has 1 aliphatic rings. The molecule has 1 aromatic rings. The van der Waals surface area contributed by atoms with Crippen molar-refractivity contribution in [2.24, 2.45) is 5.92 Å². The SMILES string of the molecule is C[C@H](CC(=O)OC(C)(C)C)C(=O)Nc1ccccc1NC1CCOCC1. The van der Waals surface area contributed by atoms with Gasteiger partial charge in [0.05, 0.1) is 17.8 Å². The first-order chi connectivity index (χ1) is 12.2. The summed E-state index contributed by atoms with van der Waals surface area (Å²) in [7, 11) is 0. The number of ether oxygens (including phenoxy) is 2. The maximum Gasteiger partial charge on any atom is 0.307 e.